The molecule has 3 aliphatic rings. The van der Waals surface area contributed by atoms with Gasteiger partial charge in [0, 0.05) is 60.4 Å². The van der Waals surface area contributed by atoms with Gasteiger partial charge in [-0.05, 0) is 130 Å². The first-order valence-corrected chi connectivity index (χ1v) is 18.6. The highest BCUT2D eigenvalue weighted by Gasteiger charge is 2.27. The van der Waals surface area contributed by atoms with Crippen molar-refractivity contribution in [3.63, 3.8) is 0 Å². The summed E-state index contributed by atoms with van der Waals surface area (Å²) in [7, 11) is 3.45. The summed E-state index contributed by atoms with van der Waals surface area (Å²) in [6.07, 6.45) is 12.0. The second-order valence-electron chi connectivity index (χ2n) is 14.4. The molecular formula is C40H47ClN6O4. The lowest BCUT2D eigenvalue weighted by Gasteiger charge is -2.35. The minimum Gasteiger partial charge on any atom is -0.496 e. The number of nitrogens with zero attached hydrogens (tertiary/aromatic N) is 4. The fraction of sp³-hybridized carbons (Fsp3) is 0.450. The molecule has 0 radical (unpaired) electrons. The van der Waals surface area contributed by atoms with Gasteiger partial charge in [-0.1, -0.05) is 23.7 Å². The molecular weight excluding hydrogens is 664 g/mol. The van der Waals surface area contributed by atoms with E-state index in [1.54, 1.807) is 31.1 Å². The van der Waals surface area contributed by atoms with Crippen LogP contribution in [0.3, 0.4) is 0 Å². The third-order valence-corrected chi connectivity index (χ3v) is 11.5. The molecule has 3 saturated heterocycles. The highest BCUT2D eigenvalue weighted by molar-refractivity contribution is 6.32. The fourth-order valence-electron chi connectivity index (χ4n) is 8.04. The highest BCUT2D eigenvalue weighted by atomic mass is 35.5. The van der Waals surface area contributed by atoms with Crippen molar-refractivity contribution in [2.24, 2.45) is 13.0 Å². The molecule has 1 unspecified atom stereocenters. The van der Waals surface area contributed by atoms with Gasteiger partial charge >= 0.3 is 0 Å². The smallest absolute Gasteiger partial charge is 0.259 e. The number of aryl methyl sites for hydroxylation is 1. The minimum absolute atomic E-state index is 0.0771. The zero-order chi connectivity index (χ0) is 35.5. The van der Waals surface area contributed by atoms with Crippen LogP contribution in [0.5, 0.6) is 5.75 Å². The molecule has 3 fully saturated rings. The highest BCUT2D eigenvalue weighted by Crippen LogP contribution is 2.37. The molecule has 2 N–H and O–H groups in total. The number of carbonyl (C=O) groups excluding carboxylic acids is 2. The molecule has 2 aromatic heterocycles. The maximum atomic E-state index is 12.7. The zero-order valence-corrected chi connectivity index (χ0v) is 30.3. The van der Waals surface area contributed by atoms with E-state index >= 15 is 0 Å². The maximum absolute atomic E-state index is 12.7. The minimum atomic E-state index is -0.357. The quantitative estimate of drug-likeness (QED) is 0.194. The summed E-state index contributed by atoms with van der Waals surface area (Å²) >= 11 is 6.95. The molecule has 11 heteroatoms. The van der Waals surface area contributed by atoms with E-state index in [4.69, 9.17) is 16.3 Å². The first-order chi connectivity index (χ1) is 24.7. The molecule has 0 bridgehead atoms. The summed E-state index contributed by atoms with van der Waals surface area (Å²) in [5.74, 6) is 1.62. The number of hydrogen-bond acceptors (Lipinski definition) is 8. The molecule has 4 aromatic rings. The van der Waals surface area contributed by atoms with E-state index in [9.17, 15) is 14.4 Å². The van der Waals surface area contributed by atoms with Gasteiger partial charge in [0.15, 0.2) is 0 Å². The number of pyridine rings is 2. The number of ether oxygens (including phenoxy) is 1. The first kappa shape index (κ1) is 35.2. The number of rotatable bonds is 10. The number of likely N-dealkylation sites (tertiary alicyclic amines) is 2. The van der Waals surface area contributed by atoms with Crippen molar-refractivity contribution in [3.8, 4) is 16.9 Å². The van der Waals surface area contributed by atoms with Gasteiger partial charge in [0.2, 0.25) is 11.8 Å². The lowest BCUT2D eigenvalue weighted by molar-refractivity contribution is -0.133. The monoisotopic (exact) mass is 710 g/mol. The van der Waals surface area contributed by atoms with Gasteiger partial charge in [-0.2, -0.15) is 0 Å². The number of methoxy groups -OCH3 is 1. The van der Waals surface area contributed by atoms with Crippen LogP contribution < -0.4 is 20.9 Å². The Balaban J connectivity index is 0.873. The number of halogens is 1. The van der Waals surface area contributed by atoms with E-state index in [1.165, 1.54) is 24.8 Å². The van der Waals surface area contributed by atoms with Crippen molar-refractivity contribution in [3.05, 3.63) is 87.6 Å². The molecule has 51 heavy (non-hydrogen) atoms. The number of nitrogens with one attached hydrogen (secondary N) is 2. The van der Waals surface area contributed by atoms with Gasteiger partial charge in [0.1, 0.15) is 11.8 Å². The molecule has 2 amide bonds. The third-order valence-electron chi connectivity index (χ3n) is 11.2. The van der Waals surface area contributed by atoms with E-state index in [-0.39, 0.29) is 23.4 Å². The van der Waals surface area contributed by atoms with Gasteiger partial charge in [0.05, 0.1) is 12.5 Å². The number of amides is 2. The third kappa shape index (κ3) is 7.98. The number of fused-ring (bicyclic) bond motifs is 1. The number of piperidine rings is 3. The van der Waals surface area contributed by atoms with E-state index in [1.807, 2.05) is 24.4 Å². The van der Waals surface area contributed by atoms with Crippen LogP contribution in [-0.4, -0.2) is 77.0 Å². The van der Waals surface area contributed by atoms with Crippen molar-refractivity contribution in [1.82, 2.24) is 24.7 Å². The predicted octanol–water partition coefficient (Wildman–Crippen LogP) is 5.96. The van der Waals surface area contributed by atoms with Crippen molar-refractivity contribution in [1.29, 1.82) is 0 Å². The Kier molecular flexibility index (Phi) is 10.7. The van der Waals surface area contributed by atoms with Crippen molar-refractivity contribution in [2.75, 3.05) is 45.2 Å². The fourth-order valence-corrected chi connectivity index (χ4v) is 8.31. The van der Waals surface area contributed by atoms with Crippen molar-refractivity contribution in [2.45, 2.75) is 63.5 Å². The zero-order valence-electron chi connectivity index (χ0n) is 29.5. The van der Waals surface area contributed by atoms with Crippen molar-refractivity contribution < 1.29 is 14.3 Å². The summed E-state index contributed by atoms with van der Waals surface area (Å²) < 4.78 is 7.47. The van der Waals surface area contributed by atoms with E-state index in [2.05, 4.69) is 49.7 Å². The summed E-state index contributed by atoms with van der Waals surface area (Å²) in [4.78, 5) is 45.5. The number of imide groups is 1. The Morgan fingerprint density at radius 1 is 0.941 bits per heavy atom. The normalized spacial score (nSPS) is 19.7. The molecule has 10 nitrogen and oxygen atoms in total. The Morgan fingerprint density at radius 3 is 2.41 bits per heavy atom. The average Bonchev–Trinajstić information content (AvgIpc) is 3.15. The summed E-state index contributed by atoms with van der Waals surface area (Å²) in [6, 6.07) is 14.0. The van der Waals surface area contributed by atoms with Crippen LogP contribution in [0.4, 0.5) is 5.69 Å². The van der Waals surface area contributed by atoms with Gasteiger partial charge in [-0.3, -0.25) is 29.6 Å². The summed E-state index contributed by atoms with van der Waals surface area (Å²) in [6.45, 7) is 6.24. The number of benzene rings is 2. The molecule has 0 aliphatic carbocycles. The second kappa shape index (κ2) is 15.6. The second-order valence-corrected chi connectivity index (χ2v) is 14.8. The molecule has 7 rings (SSSR count). The van der Waals surface area contributed by atoms with Gasteiger partial charge in [-0.25, -0.2) is 0 Å². The van der Waals surface area contributed by atoms with Crippen LogP contribution in [0, 0.1) is 5.92 Å². The molecule has 0 spiro atoms. The maximum Gasteiger partial charge on any atom is 0.259 e. The molecule has 268 valence electrons. The van der Waals surface area contributed by atoms with E-state index in [0.29, 0.717) is 29.2 Å². The number of hydrogen-bond donors (Lipinski definition) is 2. The van der Waals surface area contributed by atoms with Gasteiger partial charge in [-0.15, -0.1) is 0 Å². The molecule has 0 saturated carbocycles. The average molecular weight is 711 g/mol. The summed E-state index contributed by atoms with van der Waals surface area (Å²) in [5.41, 5.74) is 5.03. The van der Waals surface area contributed by atoms with Crippen LogP contribution in [0.15, 0.2) is 65.8 Å². The van der Waals surface area contributed by atoms with Gasteiger partial charge in [0.25, 0.3) is 5.56 Å². The first-order valence-electron chi connectivity index (χ1n) is 18.2. The van der Waals surface area contributed by atoms with Crippen LogP contribution in [0.2, 0.25) is 5.02 Å². The molecule has 1 atom stereocenters. The topological polar surface area (TPSA) is 109 Å². The van der Waals surface area contributed by atoms with E-state index in [0.717, 1.165) is 91.5 Å². The van der Waals surface area contributed by atoms with Gasteiger partial charge < -0.3 is 19.5 Å². The Labute approximate surface area is 304 Å². The number of aromatic nitrogens is 2. The molecule has 2 aromatic carbocycles. The van der Waals surface area contributed by atoms with Crippen LogP contribution >= 0.6 is 11.6 Å². The molecule has 5 heterocycles. The lowest BCUT2D eigenvalue weighted by Crippen LogP contribution is -2.47. The standard InChI is InChI=1S/C40H47ClN6O4/c1-45-24-33(31-9-15-42-23-32(31)40(45)50)29-21-35(41)34(37(22-29)51-2)25-47-17-11-26(12-18-47)10-16-46-19-13-28(14-20-46)27-3-5-30(6-4-27)43-36-7-8-38(48)44-39(36)49/h3-6,9,15,21-24,26,28,36,43H,7-8,10-14,16-20,25H2,1-2H3,(H,44,48,49). The predicted molar refractivity (Wildman–Crippen MR) is 201 cm³/mol. The Morgan fingerprint density at radius 2 is 1.69 bits per heavy atom. The Bertz CT molecular complexity index is 1950. The van der Waals surface area contributed by atoms with Crippen molar-refractivity contribution >= 4 is 39.9 Å². The number of carbonyl (C=O) groups is 2. The largest absolute Gasteiger partial charge is 0.496 e. The van der Waals surface area contributed by atoms with Crippen LogP contribution in [0.25, 0.3) is 21.9 Å². The van der Waals surface area contributed by atoms with E-state index < -0.39 is 0 Å². The Hall–Kier alpha value is -4.25. The SMILES string of the molecule is COc1cc(-c2cn(C)c(=O)c3cnccc23)cc(Cl)c1CN1CCC(CCN2CCC(c3ccc(NC4CCC(=O)NC4=O)cc3)CC2)CC1. The lowest BCUT2D eigenvalue weighted by atomic mass is 9.88. The summed E-state index contributed by atoms with van der Waals surface area (Å²) in [5, 5.41) is 7.78. The van der Waals surface area contributed by atoms with Crippen LogP contribution in [0.1, 0.15) is 62.0 Å². The molecule has 3 aliphatic heterocycles. The van der Waals surface area contributed by atoms with Crippen LogP contribution in [-0.2, 0) is 23.2 Å². The number of anilines is 1.